The molecule has 9 heteroatoms. The monoisotopic (exact) mass is 365 g/mol. The average Bonchev–Trinajstić information content (AvgIpc) is 2.83. The molecule has 8 nitrogen and oxygen atoms in total. The third-order valence-electron chi connectivity index (χ3n) is 4.52. The van der Waals surface area contributed by atoms with Gasteiger partial charge in [-0.05, 0) is 45.6 Å². The van der Waals surface area contributed by atoms with Crippen LogP contribution in [0.25, 0.3) is 0 Å². The number of rotatable bonds is 5. The fourth-order valence-corrected chi connectivity index (χ4v) is 4.96. The number of ether oxygens (including phenoxy) is 1. The predicted molar refractivity (Wildman–Crippen MR) is 91.7 cm³/mol. The summed E-state index contributed by atoms with van der Waals surface area (Å²) in [5.41, 5.74) is 1.16. The van der Waals surface area contributed by atoms with E-state index in [1.54, 1.807) is 44.0 Å². The highest BCUT2D eigenvalue weighted by atomic mass is 32.2. The summed E-state index contributed by atoms with van der Waals surface area (Å²) in [5.74, 6) is 0. The molecule has 2 aromatic heterocycles. The van der Waals surface area contributed by atoms with Crippen LogP contribution in [-0.4, -0.2) is 40.3 Å². The molecule has 0 aliphatic heterocycles. The molecule has 1 aliphatic carbocycles. The number of hydrogen-bond acceptors (Lipinski definition) is 6. The zero-order valence-corrected chi connectivity index (χ0v) is 15.5. The zero-order valence-electron chi connectivity index (χ0n) is 14.6. The first-order valence-corrected chi connectivity index (χ1v) is 9.81. The lowest BCUT2D eigenvalue weighted by Gasteiger charge is -2.28. The molecule has 1 N–H and O–H groups in total. The Morgan fingerprint density at radius 3 is 2.36 bits per heavy atom. The highest BCUT2D eigenvalue weighted by molar-refractivity contribution is 7.89. The minimum Gasteiger partial charge on any atom is -0.460 e. The standard InChI is InChI=1S/C16H23N5O3S/c1-11-15(12(2)21(3)19-11)25(22,23)20-13-5-7-14(8-6-13)24-16-17-9-4-10-18-16/h4,9-10,13-14,20H,5-8H2,1-3H3. The van der Waals surface area contributed by atoms with Crippen LogP contribution in [0.1, 0.15) is 37.1 Å². The minimum absolute atomic E-state index is 0.0185. The van der Waals surface area contributed by atoms with Gasteiger partial charge in [0.1, 0.15) is 11.0 Å². The molecule has 1 saturated carbocycles. The number of hydrogen-bond donors (Lipinski definition) is 1. The van der Waals surface area contributed by atoms with E-state index in [1.165, 1.54) is 0 Å². The van der Waals surface area contributed by atoms with Crippen molar-refractivity contribution < 1.29 is 13.2 Å². The first-order chi connectivity index (χ1) is 11.9. The van der Waals surface area contributed by atoms with Crippen LogP contribution in [0, 0.1) is 13.8 Å². The number of nitrogens with zero attached hydrogens (tertiary/aromatic N) is 4. The lowest BCUT2D eigenvalue weighted by molar-refractivity contribution is 0.132. The van der Waals surface area contributed by atoms with E-state index < -0.39 is 10.0 Å². The van der Waals surface area contributed by atoms with Crippen molar-refractivity contribution in [2.45, 2.75) is 56.6 Å². The Hall–Kier alpha value is -2.00. The summed E-state index contributed by atoms with van der Waals surface area (Å²) in [7, 11) is -1.83. The van der Waals surface area contributed by atoms with Gasteiger partial charge in [0.2, 0.25) is 10.0 Å². The second-order valence-corrected chi connectivity index (χ2v) is 8.02. The lowest BCUT2D eigenvalue weighted by atomic mass is 9.94. The van der Waals surface area contributed by atoms with Gasteiger partial charge in [-0.3, -0.25) is 4.68 Å². The van der Waals surface area contributed by atoms with Gasteiger partial charge in [-0.1, -0.05) is 0 Å². The van der Waals surface area contributed by atoms with E-state index in [1.807, 2.05) is 0 Å². The van der Waals surface area contributed by atoms with Crippen molar-refractivity contribution >= 4 is 10.0 Å². The Morgan fingerprint density at radius 2 is 1.80 bits per heavy atom. The van der Waals surface area contributed by atoms with E-state index >= 15 is 0 Å². The van der Waals surface area contributed by atoms with E-state index in [4.69, 9.17) is 4.74 Å². The summed E-state index contributed by atoms with van der Waals surface area (Å²) in [5, 5.41) is 4.19. The maximum absolute atomic E-state index is 12.7. The molecule has 3 rings (SSSR count). The van der Waals surface area contributed by atoms with Crippen LogP contribution in [0.2, 0.25) is 0 Å². The SMILES string of the molecule is Cc1nn(C)c(C)c1S(=O)(=O)NC1CCC(Oc2ncccn2)CC1. The van der Waals surface area contributed by atoms with Crippen LogP contribution in [0.3, 0.4) is 0 Å². The van der Waals surface area contributed by atoms with Gasteiger partial charge in [0, 0.05) is 25.5 Å². The van der Waals surface area contributed by atoms with E-state index in [-0.39, 0.29) is 17.0 Å². The summed E-state index contributed by atoms with van der Waals surface area (Å²) in [4.78, 5) is 8.40. The third-order valence-corrected chi connectivity index (χ3v) is 6.29. The molecule has 2 aromatic rings. The van der Waals surface area contributed by atoms with Gasteiger partial charge < -0.3 is 4.74 Å². The molecule has 2 heterocycles. The number of aryl methyl sites for hydroxylation is 2. The highest BCUT2D eigenvalue weighted by Crippen LogP contribution is 2.25. The van der Waals surface area contributed by atoms with Gasteiger partial charge in [-0.25, -0.2) is 23.1 Å². The van der Waals surface area contributed by atoms with Gasteiger partial charge in [0.15, 0.2) is 0 Å². The van der Waals surface area contributed by atoms with Crippen molar-refractivity contribution in [2.75, 3.05) is 0 Å². The van der Waals surface area contributed by atoms with Crippen LogP contribution in [0.15, 0.2) is 23.4 Å². The van der Waals surface area contributed by atoms with Gasteiger partial charge in [0.25, 0.3) is 0 Å². The summed E-state index contributed by atoms with van der Waals surface area (Å²) < 4.78 is 35.6. The molecule has 0 saturated heterocycles. The van der Waals surface area contributed by atoms with Crippen LogP contribution in [0.5, 0.6) is 6.01 Å². The average molecular weight is 365 g/mol. The number of nitrogens with one attached hydrogen (secondary N) is 1. The van der Waals surface area contributed by atoms with Crippen LogP contribution >= 0.6 is 0 Å². The van der Waals surface area contributed by atoms with Crippen molar-refractivity contribution in [3.63, 3.8) is 0 Å². The summed E-state index contributed by atoms with van der Waals surface area (Å²) in [6, 6.07) is 2.01. The van der Waals surface area contributed by atoms with Gasteiger partial charge >= 0.3 is 6.01 Å². The summed E-state index contributed by atoms with van der Waals surface area (Å²) >= 11 is 0. The van der Waals surface area contributed by atoms with Crippen LogP contribution in [0.4, 0.5) is 0 Å². The zero-order chi connectivity index (χ0) is 18.0. The molecule has 136 valence electrons. The maximum Gasteiger partial charge on any atom is 0.316 e. The third kappa shape index (κ3) is 3.98. The maximum atomic E-state index is 12.7. The number of aromatic nitrogens is 4. The fraction of sp³-hybridized carbons (Fsp3) is 0.562. The fourth-order valence-electron chi connectivity index (χ4n) is 3.22. The molecule has 0 amide bonds. The normalized spacial score (nSPS) is 21.2. The predicted octanol–water partition coefficient (Wildman–Crippen LogP) is 1.50. The lowest BCUT2D eigenvalue weighted by Crippen LogP contribution is -2.40. The van der Waals surface area contributed by atoms with Gasteiger partial charge in [-0.2, -0.15) is 5.10 Å². The molecule has 1 fully saturated rings. The Bertz CT molecular complexity index is 827. The summed E-state index contributed by atoms with van der Waals surface area (Å²) in [6.07, 6.45) is 6.25. The first-order valence-electron chi connectivity index (χ1n) is 8.33. The molecule has 0 unspecified atom stereocenters. The van der Waals surface area contributed by atoms with Crippen molar-refractivity contribution in [1.29, 1.82) is 0 Å². The van der Waals surface area contributed by atoms with Gasteiger partial charge in [-0.15, -0.1) is 0 Å². The second kappa shape index (κ2) is 7.09. The Labute approximate surface area is 147 Å². The minimum atomic E-state index is -3.58. The molecular formula is C16H23N5O3S. The molecule has 0 aromatic carbocycles. The van der Waals surface area contributed by atoms with Crippen molar-refractivity contribution in [2.24, 2.45) is 7.05 Å². The van der Waals surface area contributed by atoms with Crippen LogP contribution in [-0.2, 0) is 17.1 Å². The van der Waals surface area contributed by atoms with Gasteiger partial charge in [0.05, 0.1) is 11.4 Å². The molecular weight excluding hydrogens is 342 g/mol. The topological polar surface area (TPSA) is 99.0 Å². The quantitative estimate of drug-likeness (QED) is 0.862. The van der Waals surface area contributed by atoms with Crippen molar-refractivity contribution in [3.8, 4) is 6.01 Å². The van der Waals surface area contributed by atoms with Crippen molar-refractivity contribution in [1.82, 2.24) is 24.5 Å². The molecule has 0 spiro atoms. The largest absolute Gasteiger partial charge is 0.460 e. The molecule has 1 aliphatic rings. The molecule has 0 radical (unpaired) electrons. The molecule has 0 bridgehead atoms. The Morgan fingerprint density at radius 1 is 1.16 bits per heavy atom. The Balaban J connectivity index is 1.60. The van der Waals surface area contributed by atoms with Crippen LogP contribution < -0.4 is 9.46 Å². The molecule has 25 heavy (non-hydrogen) atoms. The Kier molecular flexibility index (Phi) is 5.05. The van der Waals surface area contributed by atoms with E-state index in [0.717, 1.165) is 25.7 Å². The first kappa shape index (κ1) is 17.8. The van der Waals surface area contributed by atoms with E-state index in [9.17, 15) is 8.42 Å². The molecule has 0 atom stereocenters. The summed E-state index contributed by atoms with van der Waals surface area (Å²) in [6.45, 7) is 3.48. The van der Waals surface area contributed by atoms with Crippen molar-refractivity contribution in [3.05, 3.63) is 29.8 Å². The highest BCUT2D eigenvalue weighted by Gasteiger charge is 2.30. The smallest absolute Gasteiger partial charge is 0.316 e. The number of sulfonamides is 1. The van der Waals surface area contributed by atoms with E-state index in [0.29, 0.717) is 17.4 Å². The second-order valence-electron chi connectivity index (χ2n) is 6.37. The van der Waals surface area contributed by atoms with E-state index in [2.05, 4.69) is 19.8 Å².